The summed E-state index contributed by atoms with van der Waals surface area (Å²) in [4.78, 5) is 19.4. The Bertz CT molecular complexity index is 533. The molecule has 0 aliphatic heterocycles. The minimum atomic E-state index is 0.0488. The highest BCUT2D eigenvalue weighted by molar-refractivity contribution is 9.10. The van der Waals surface area contributed by atoms with Crippen LogP contribution in [0.4, 0.5) is 0 Å². The van der Waals surface area contributed by atoms with E-state index in [0.717, 1.165) is 27.5 Å². The summed E-state index contributed by atoms with van der Waals surface area (Å²) in [6, 6.07) is 3.72. The molecule has 4 heteroatoms. The molecule has 1 aromatic heterocycles. The van der Waals surface area contributed by atoms with Gasteiger partial charge in [-0.1, -0.05) is 13.8 Å². The summed E-state index contributed by atoms with van der Waals surface area (Å²) in [5, 5.41) is 0. The summed E-state index contributed by atoms with van der Waals surface area (Å²) >= 11 is 3.42. The first-order valence-corrected chi connectivity index (χ1v) is 6.10. The van der Waals surface area contributed by atoms with Crippen LogP contribution in [-0.2, 0) is 0 Å². The largest absolute Gasteiger partial charge is 0.344 e. The smallest absolute Gasteiger partial charge is 0.167 e. The number of carbonyl (C=O) groups is 1. The fraction of sp³-hybridized carbons (Fsp3) is 0.333. The summed E-state index contributed by atoms with van der Waals surface area (Å²) in [6.45, 7) is 3.97. The molecule has 0 bridgehead atoms. The van der Waals surface area contributed by atoms with Crippen molar-refractivity contribution < 1.29 is 4.79 Å². The Morgan fingerprint density at radius 1 is 1.56 bits per heavy atom. The number of rotatable bonds is 3. The minimum absolute atomic E-state index is 0.0488. The van der Waals surface area contributed by atoms with Gasteiger partial charge < -0.3 is 4.98 Å². The molecular weight excluding hydrogens is 268 g/mol. The predicted molar refractivity (Wildman–Crippen MR) is 67.6 cm³/mol. The number of hydrogen-bond acceptors (Lipinski definition) is 2. The van der Waals surface area contributed by atoms with E-state index in [1.165, 1.54) is 0 Å². The standard InChI is InChI=1S/C12H13BrN2O/c1-3-7(2)12(16)8-4-5-9(13)11-10(8)14-6-15-11/h4-7H,3H2,1-2H3,(H,14,15). The second-order valence-corrected chi connectivity index (χ2v) is 4.75. The number of nitrogens with zero attached hydrogens (tertiary/aromatic N) is 1. The van der Waals surface area contributed by atoms with Crippen LogP contribution in [0.3, 0.4) is 0 Å². The van der Waals surface area contributed by atoms with Crippen LogP contribution in [0.2, 0.25) is 0 Å². The molecule has 16 heavy (non-hydrogen) atoms. The second-order valence-electron chi connectivity index (χ2n) is 3.89. The van der Waals surface area contributed by atoms with Gasteiger partial charge in [0.05, 0.1) is 11.8 Å². The van der Waals surface area contributed by atoms with Gasteiger partial charge in [-0.2, -0.15) is 0 Å². The van der Waals surface area contributed by atoms with Gasteiger partial charge in [-0.3, -0.25) is 4.79 Å². The van der Waals surface area contributed by atoms with E-state index in [2.05, 4.69) is 25.9 Å². The average Bonchev–Trinajstić information content (AvgIpc) is 2.77. The molecule has 0 fully saturated rings. The van der Waals surface area contributed by atoms with E-state index < -0.39 is 0 Å². The molecule has 0 saturated carbocycles. The predicted octanol–water partition coefficient (Wildman–Crippen LogP) is 3.55. The third kappa shape index (κ3) is 1.78. The van der Waals surface area contributed by atoms with Gasteiger partial charge in [-0.25, -0.2) is 4.98 Å². The zero-order chi connectivity index (χ0) is 11.7. The van der Waals surface area contributed by atoms with E-state index in [0.29, 0.717) is 0 Å². The van der Waals surface area contributed by atoms with E-state index in [-0.39, 0.29) is 11.7 Å². The van der Waals surface area contributed by atoms with Crippen molar-refractivity contribution in [1.29, 1.82) is 0 Å². The molecule has 2 aromatic rings. The van der Waals surface area contributed by atoms with E-state index >= 15 is 0 Å². The van der Waals surface area contributed by atoms with Gasteiger partial charge in [0.15, 0.2) is 5.78 Å². The maximum Gasteiger partial charge on any atom is 0.167 e. The van der Waals surface area contributed by atoms with Gasteiger partial charge in [0.1, 0.15) is 5.52 Å². The monoisotopic (exact) mass is 280 g/mol. The summed E-state index contributed by atoms with van der Waals surface area (Å²) < 4.78 is 0.907. The fourth-order valence-corrected chi connectivity index (χ4v) is 2.09. The average molecular weight is 281 g/mol. The lowest BCUT2D eigenvalue weighted by Gasteiger charge is -2.08. The number of hydrogen-bond donors (Lipinski definition) is 1. The van der Waals surface area contributed by atoms with Gasteiger partial charge in [0, 0.05) is 16.0 Å². The Balaban J connectivity index is 2.57. The van der Waals surface area contributed by atoms with Crippen LogP contribution in [0.1, 0.15) is 30.6 Å². The number of carbonyl (C=O) groups excluding carboxylic acids is 1. The Morgan fingerprint density at radius 2 is 2.31 bits per heavy atom. The van der Waals surface area contributed by atoms with Crippen LogP contribution < -0.4 is 0 Å². The van der Waals surface area contributed by atoms with Gasteiger partial charge in [-0.05, 0) is 34.5 Å². The van der Waals surface area contributed by atoms with Crippen molar-refractivity contribution in [3.63, 3.8) is 0 Å². The van der Waals surface area contributed by atoms with Crippen LogP contribution in [0, 0.1) is 5.92 Å². The zero-order valence-corrected chi connectivity index (χ0v) is 10.8. The Kier molecular flexibility index (Phi) is 3.10. The first kappa shape index (κ1) is 11.3. The molecule has 3 nitrogen and oxygen atoms in total. The molecule has 0 spiro atoms. The van der Waals surface area contributed by atoms with Gasteiger partial charge in [0.25, 0.3) is 0 Å². The molecule has 0 aliphatic rings. The van der Waals surface area contributed by atoms with Crippen LogP contribution in [0.25, 0.3) is 11.0 Å². The van der Waals surface area contributed by atoms with Crippen molar-refractivity contribution in [1.82, 2.24) is 9.97 Å². The van der Waals surface area contributed by atoms with Crippen LogP contribution in [0.5, 0.6) is 0 Å². The van der Waals surface area contributed by atoms with Crippen molar-refractivity contribution in [2.75, 3.05) is 0 Å². The molecule has 2 rings (SSSR count). The molecule has 0 amide bonds. The number of benzene rings is 1. The highest BCUT2D eigenvalue weighted by Gasteiger charge is 2.17. The van der Waals surface area contributed by atoms with E-state index in [9.17, 15) is 4.79 Å². The molecule has 1 aromatic carbocycles. The number of aromatic nitrogens is 2. The summed E-state index contributed by atoms with van der Waals surface area (Å²) in [6.07, 6.45) is 2.47. The first-order chi connectivity index (χ1) is 7.65. The van der Waals surface area contributed by atoms with E-state index in [1.807, 2.05) is 26.0 Å². The third-order valence-corrected chi connectivity index (χ3v) is 3.50. The molecular formula is C12H13BrN2O. The molecule has 1 heterocycles. The topological polar surface area (TPSA) is 45.8 Å². The molecule has 0 saturated heterocycles. The minimum Gasteiger partial charge on any atom is -0.344 e. The van der Waals surface area contributed by atoms with Crippen molar-refractivity contribution in [3.05, 3.63) is 28.5 Å². The number of nitrogens with one attached hydrogen (secondary N) is 1. The summed E-state index contributed by atoms with van der Waals surface area (Å²) in [5.41, 5.74) is 2.36. The number of Topliss-reactive ketones (excluding diaryl/α,β-unsaturated/α-hetero) is 1. The molecule has 1 atom stereocenters. The Morgan fingerprint density at radius 3 is 3.00 bits per heavy atom. The highest BCUT2D eigenvalue weighted by Crippen LogP contribution is 2.26. The fourth-order valence-electron chi connectivity index (χ4n) is 1.66. The number of ketones is 1. The van der Waals surface area contributed by atoms with Crippen molar-refractivity contribution in [2.45, 2.75) is 20.3 Å². The second kappa shape index (κ2) is 4.37. The quantitative estimate of drug-likeness (QED) is 0.874. The van der Waals surface area contributed by atoms with Crippen molar-refractivity contribution in [3.8, 4) is 0 Å². The maximum absolute atomic E-state index is 12.1. The number of halogens is 1. The number of fused-ring (bicyclic) bond motifs is 1. The number of H-pyrrole nitrogens is 1. The molecule has 0 radical (unpaired) electrons. The zero-order valence-electron chi connectivity index (χ0n) is 9.25. The van der Waals surface area contributed by atoms with Crippen LogP contribution in [0.15, 0.2) is 22.9 Å². The SMILES string of the molecule is CCC(C)C(=O)c1ccc(Br)c2nc[nH]c12. The lowest BCUT2D eigenvalue weighted by Crippen LogP contribution is -2.10. The number of aromatic amines is 1. The first-order valence-electron chi connectivity index (χ1n) is 5.31. The van der Waals surface area contributed by atoms with Crippen molar-refractivity contribution >= 4 is 32.7 Å². The van der Waals surface area contributed by atoms with E-state index in [4.69, 9.17) is 0 Å². The molecule has 1 N–H and O–H groups in total. The number of imidazole rings is 1. The lowest BCUT2D eigenvalue weighted by atomic mass is 9.96. The van der Waals surface area contributed by atoms with Gasteiger partial charge in [0.2, 0.25) is 0 Å². The van der Waals surface area contributed by atoms with E-state index in [1.54, 1.807) is 6.33 Å². The summed E-state index contributed by atoms with van der Waals surface area (Å²) in [7, 11) is 0. The van der Waals surface area contributed by atoms with Crippen molar-refractivity contribution in [2.24, 2.45) is 5.92 Å². The Hall–Kier alpha value is -1.16. The molecule has 0 aliphatic carbocycles. The normalized spacial score (nSPS) is 12.9. The molecule has 84 valence electrons. The summed E-state index contributed by atoms with van der Waals surface area (Å²) in [5.74, 6) is 0.219. The molecule has 1 unspecified atom stereocenters. The maximum atomic E-state index is 12.1. The lowest BCUT2D eigenvalue weighted by molar-refractivity contribution is 0.0929. The van der Waals surface area contributed by atoms with Gasteiger partial charge >= 0.3 is 0 Å². The highest BCUT2D eigenvalue weighted by atomic mass is 79.9. The third-order valence-electron chi connectivity index (χ3n) is 2.86. The van der Waals surface area contributed by atoms with Crippen LogP contribution in [-0.4, -0.2) is 15.8 Å². The van der Waals surface area contributed by atoms with Gasteiger partial charge in [-0.15, -0.1) is 0 Å². The van der Waals surface area contributed by atoms with Crippen LogP contribution >= 0.6 is 15.9 Å². The Labute approximate surface area is 102 Å².